The summed E-state index contributed by atoms with van der Waals surface area (Å²) in [7, 11) is 0. The van der Waals surface area contributed by atoms with E-state index in [0.717, 1.165) is 10.5 Å². The molecule has 1 nitrogen and oxygen atoms in total. The fourth-order valence-electron chi connectivity index (χ4n) is 0.958. The minimum absolute atomic E-state index is 0.0139. The van der Waals surface area contributed by atoms with E-state index in [1.54, 1.807) is 11.8 Å². The number of carbonyl (C=O) groups excluding carboxylic acids is 1. The summed E-state index contributed by atoms with van der Waals surface area (Å²) in [6, 6.07) is 7.53. The molecule has 1 rings (SSSR count). The molecule has 0 unspecified atom stereocenters. The molecule has 2 heteroatoms. The molecule has 0 saturated carbocycles. The molecule has 16 heavy (non-hydrogen) atoms. The molecule has 0 aliphatic heterocycles. The highest BCUT2D eigenvalue weighted by molar-refractivity contribution is 7.98. The first-order valence-electron chi connectivity index (χ1n) is 5.59. The maximum Gasteiger partial charge on any atom is 0.186 e. The van der Waals surface area contributed by atoms with Gasteiger partial charge in [0.05, 0.1) is 0 Å². The summed E-state index contributed by atoms with van der Waals surface area (Å²) in [5, 5.41) is 0. The molecule has 0 heterocycles. The van der Waals surface area contributed by atoms with Crippen LogP contribution in [-0.4, -0.2) is 12.0 Å². The first-order chi connectivity index (χ1) is 7.79. The van der Waals surface area contributed by atoms with Crippen LogP contribution >= 0.6 is 11.8 Å². The van der Waals surface area contributed by atoms with Crippen LogP contribution < -0.4 is 0 Å². The maximum absolute atomic E-state index is 11.3. The largest absolute Gasteiger partial charge is 0.289 e. The van der Waals surface area contributed by atoms with Crippen LogP contribution in [0.15, 0.2) is 41.8 Å². The molecule has 1 aromatic carbocycles. The molecule has 0 spiro atoms. The van der Waals surface area contributed by atoms with Crippen molar-refractivity contribution in [3.05, 3.63) is 42.5 Å². The molecule has 0 N–H and O–H groups in total. The Labute approximate surface area is 104 Å². The molecule has 90 valence electrons. The summed E-state index contributed by atoms with van der Waals surface area (Å²) in [6.07, 6.45) is 3.30. The Morgan fingerprint density at radius 1 is 1.19 bits per heavy atom. The van der Waals surface area contributed by atoms with Crippen molar-refractivity contribution in [2.24, 2.45) is 0 Å². The number of hydrogen-bond donors (Lipinski definition) is 0. The average Bonchev–Trinajstić information content (AvgIpc) is 2.42. The number of hydrogen-bond acceptors (Lipinski definition) is 2. The van der Waals surface area contributed by atoms with Crippen LogP contribution in [0.25, 0.3) is 0 Å². The highest BCUT2D eigenvalue weighted by Gasteiger charge is 2.05. The van der Waals surface area contributed by atoms with E-state index in [0.29, 0.717) is 0 Å². The summed E-state index contributed by atoms with van der Waals surface area (Å²) in [5.74, 6) is -0.0139. The number of ketones is 1. The minimum atomic E-state index is -0.0139. The summed E-state index contributed by atoms with van der Waals surface area (Å²) in [6.45, 7) is 11.5. The van der Waals surface area contributed by atoms with Gasteiger partial charge in [-0.1, -0.05) is 46.4 Å². The highest BCUT2D eigenvalue weighted by Crippen LogP contribution is 2.20. The number of benzene rings is 1. The Hall–Kier alpha value is -1.02. The van der Waals surface area contributed by atoms with Gasteiger partial charge >= 0.3 is 0 Å². The van der Waals surface area contributed by atoms with Gasteiger partial charge in [0, 0.05) is 10.5 Å². The van der Waals surface area contributed by atoms with Gasteiger partial charge in [-0.05, 0) is 24.5 Å². The van der Waals surface area contributed by atoms with Crippen molar-refractivity contribution in [2.75, 3.05) is 6.26 Å². The van der Waals surface area contributed by atoms with E-state index in [2.05, 4.69) is 6.58 Å². The van der Waals surface area contributed by atoms with Gasteiger partial charge in [0.25, 0.3) is 0 Å². The van der Waals surface area contributed by atoms with Crippen molar-refractivity contribution in [2.45, 2.75) is 32.6 Å². The fourth-order valence-corrected chi connectivity index (χ4v) is 1.56. The average molecular weight is 238 g/mol. The third kappa shape index (κ3) is 5.76. The van der Waals surface area contributed by atoms with E-state index in [1.807, 2.05) is 58.2 Å². The Morgan fingerprint density at radius 2 is 1.69 bits per heavy atom. The Bertz CT molecular complexity index is 305. The van der Waals surface area contributed by atoms with Crippen LogP contribution in [-0.2, 0) is 0 Å². The van der Waals surface area contributed by atoms with Gasteiger partial charge in [0.15, 0.2) is 5.78 Å². The monoisotopic (exact) mass is 238 g/mol. The van der Waals surface area contributed by atoms with Gasteiger partial charge in [-0.2, -0.15) is 0 Å². The highest BCUT2D eigenvalue weighted by atomic mass is 32.2. The van der Waals surface area contributed by atoms with Crippen molar-refractivity contribution in [3.8, 4) is 0 Å². The molecule has 0 radical (unpaired) electrons. The lowest BCUT2D eigenvalue weighted by molar-refractivity contribution is 0.104. The quantitative estimate of drug-likeness (QED) is 0.426. The molecule has 0 aromatic heterocycles. The normalized spacial score (nSPS) is 7.81. The molecule has 0 fully saturated rings. The van der Waals surface area contributed by atoms with E-state index in [4.69, 9.17) is 0 Å². The van der Waals surface area contributed by atoms with E-state index in [9.17, 15) is 4.79 Å². The standard InChI is InChI=1S/C10H10OS.2C2H6/c1-3-9(11)8-6-4-5-7-10(8)12-2;2*1-2/h3-7H,1H2,2H3;2*1-2H3. The lowest BCUT2D eigenvalue weighted by Crippen LogP contribution is -1.95. The molecule has 0 aliphatic carbocycles. The van der Waals surface area contributed by atoms with Crippen LogP contribution in [0.5, 0.6) is 0 Å². The van der Waals surface area contributed by atoms with Gasteiger partial charge in [0.2, 0.25) is 0 Å². The first-order valence-corrected chi connectivity index (χ1v) is 6.82. The molecule has 0 amide bonds. The Kier molecular flexibility index (Phi) is 13.1. The lowest BCUT2D eigenvalue weighted by Gasteiger charge is -2.01. The van der Waals surface area contributed by atoms with Crippen molar-refractivity contribution in [1.29, 1.82) is 0 Å². The number of allylic oxidation sites excluding steroid dienone is 1. The zero-order valence-corrected chi connectivity index (χ0v) is 11.7. The van der Waals surface area contributed by atoms with Crippen LogP contribution in [0, 0.1) is 0 Å². The van der Waals surface area contributed by atoms with Crippen molar-refractivity contribution in [3.63, 3.8) is 0 Å². The topological polar surface area (TPSA) is 17.1 Å². The molecular weight excluding hydrogens is 216 g/mol. The van der Waals surface area contributed by atoms with E-state index >= 15 is 0 Å². The van der Waals surface area contributed by atoms with Crippen molar-refractivity contribution >= 4 is 17.5 Å². The summed E-state index contributed by atoms with van der Waals surface area (Å²) >= 11 is 1.57. The van der Waals surface area contributed by atoms with Gasteiger partial charge in [0.1, 0.15) is 0 Å². The van der Waals surface area contributed by atoms with Crippen molar-refractivity contribution in [1.82, 2.24) is 0 Å². The maximum atomic E-state index is 11.3. The van der Waals surface area contributed by atoms with Gasteiger partial charge in [-0.3, -0.25) is 4.79 Å². The van der Waals surface area contributed by atoms with Gasteiger partial charge in [-0.25, -0.2) is 0 Å². The van der Waals surface area contributed by atoms with Crippen LogP contribution in [0.4, 0.5) is 0 Å². The Morgan fingerprint density at radius 3 is 2.12 bits per heavy atom. The zero-order valence-electron chi connectivity index (χ0n) is 10.9. The van der Waals surface area contributed by atoms with Gasteiger partial charge < -0.3 is 0 Å². The number of carbonyl (C=O) groups is 1. The zero-order chi connectivity index (χ0) is 13.0. The summed E-state index contributed by atoms with van der Waals surface area (Å²) in [5.41, 5.74) is 0.736. The summed E-state index contributed by atoms with van der Waals surface area (Å²) in [4.78, 5) is 12.3. The third-order valence-corrected chi connectivity index (χ3v) is 2.35. The predicted octanol–water partition coefficient (Wildman–Crippen LogP) is 4.83. The second-order valence-corrected chi connectivity index (χ2v) is 3.12. The third-order valence-electron chi connectivity index (χ3n) is 1.56. The van der Waals surface area contributed by atoms with Gasteiger partial charge in [-0.15, -0.1) is 11.8 Å². The number of rotatable bonds is 3. The number of thioether (sulfide) groups is 1. The van der Waals surface area contributed by atoms with Crippen LogP contribution in [0.1, 0.15) is 38.1 Å². The van der Waals surface area contributed by atoms with Crippen molar-refractivity contribution < 1.29 is 4.79 Å². The summed E-state index contributed by atoms with van der Waals surface area (Å²) < 4.78 is 0. The lowest BCUT2D eigenvalue weighted by atomic mass is 10.1. The van der Waals surface area contributed by atoms with E-state index in [1.165, 1.54) is 6.08 Å². The first kappa shape index (κ1) is 17.4. The second-order valence-electron chi connectivity index (χ2n) is 2.27. The Balaban J connectivity index is 0. The van der Waals surface area contributed by atoms with Crippen LogP contribution in [0.2, 0.25) is 0 Å². The van der Waals surface area contributed by atoms with E-state index in [-0.39, 0.29) is 5.78 Å². The molecular formula is C14H22OS. The van der Waals surface area contributed by atoms with E-state index < -0.39 is 0 Å². The molecule has 0 saturated heterocycles. The fraction of sp³-hybridized carbons (Fsp3) is 0.357. The SMILES string of the molecule is C=CC(=O)c1ccccc1SC.CC.CC. The minimum Gasteiger partial charge on any atom is -0.289 e. The molecule has 0 aliphatic rings. The van der Waals surface area contributed by atoms with Crippen LogP contribution in [0.3, 0.4) is 0 Å². The molecule has 1 aromatic rings. The molecule has 0 atom stereocenters. The smallest absolute Gasteiger partial charge is 0.186 e. The second kappa shape index (κ2) is 12.1. The predicted molar refractivity (Wildman–Crippen MR) is 75.4 cm³/mol. The molecule has 0 bridgehead atoms.